The fourth-order valence-corrected chi connectivity index (χ4v) is 4.92. The van der Waals surface area contributed by atoms with Crippen molar-refractivity contribution in [1.82, 2.24) is 4.57 Å². The second kappa shape index (κ2) is 5.84. The Morgan fingerprint density at radius 2 is 1.86 bits per heavy atom. The van der Waals surface area contributed by atoms with Crippen LogP contribution in [0.4, 0.5) is 0 Å². The zero-order valence-corrected chi connectivity index (χ0v) is 17.6. The van der Waals surface area contributed by atoms with E-state index in [0.717, 1.165) is 17.6 Å². The lowest BCUT2D eigenvalue weighted by molar-refractivity contribution is -0.642. The monoisotopic (exact) mass is 371 g/mol. The minimum absolute atomic E-state index is 0.617. The predicted molar refractivity (Wildman–Crippen MR) is 117 cm³/mol. The number of hydrogen-bond donors (Lipinski definition) is 0. The zero-order chi connectivity index (χ0) is 19.7. The SMILES string of the molecule is Cc1c2cc[n+](C)c2c(C)c2oc3cc(CC(C)C)cc4ccn(C)c(c12)c43. The van der Waals surface area contributed by atoms with Gasteiger partial charge in [-0.2, -0.15) is 0 Å². The highest BCUT2D eigenvalue weighted by Crippen LogP contribution is 2.40. The topological polar surface area (TPSA) is 21.9 Å². The molecule has 0 fully saturated rings. The van der Waals surface area contributed by atoms with Crippen molar-refractivity contribution in [3.8, 4) is 0 Å². The third-order valence-electron chi connectivity index (χ3n) is 6.13. The number of nitrogens with zero attached hydrogens (tertiary/aromatic N) is 2. The third-order valence-corrected chi connectivity index (χ3v) is 6.13. The Hall–Kier alpha value is -2.81. The maximum absolute atomic E-state index is 6.64. The Bertz CT molecular complexity index is 1400. The van der Waals surface area contributed by atoms with Gasteiger partial charge >= 0.3 is 0 Å². The number of fused-ring (bicyclic) bond motifs is 3. The van der Waals surface area contributed by atoms with E-state index in [0.29, 0.717) is 5.92 Å². The second-order valence-electron chi connectivity index (χ2n) is 8.68. The highest BCUT2D eigenvalue weighted by Gasteiger charge is 2.23. The second-order valence-corrected chi connectivity index (χ2v) is 8.68. The van der Waals surface area contributed by atoms with E-state index in [9.17, 15) is 0 Å². The van der Waals surface area contributed by atoms with Gasteiger partial charge in [-0.25, -0.2) is 4.57 Å². The lowest BCUT2D eigenvalue weighted by atomic mass is 9.95. The van der Waals surface area contributed by atoms with E-state index in [-0.39, 0.29) is 0 Å². The number of aromatic nitrogens is 2. The molecule has 3 aromatic heterocycles. The fraction of sp³-hybridized carbons (Fsp3) is 0.320. The average Bonchev–Trinajstić information content (AvgIpc) is 3.03. The van der Waals surface area contributed by atoms with E-state index in [1.54, 1.807) is 0 Å². The molecule has 0 saturated heterocycles. The summed E-state index contributed by atoms with van der Waals surface area (Å²) < 4.78 is 11.1. The molecule has 0 aliphatic rings. The molecule has 0 N–H and O–H groups in total. The van der Waals surface area contributed by atoms with E-state index >= 15 is 0 Å². The lowest BCUT2D eigenvalue weighted by Gasteiger charge is -2.17. The molecular weight excluding hydrogens is 344 g/mol. The van der Waals surface area contributed by atoms with Crippen LogP contribution in [0.5, 0.6) is 0 Å². The number of hydrogen-bond acceptors (Lipinski definition) is 1. The summed E-state index contributed by atoms with van der Waals surface area (Å²) in [5.41, 5.74) is 8.35. The molecule has 3 nitrogen and oxygen atoms in total. The smallest absolute Gasteiger partial charge is 0.219 e. The molecule has 28 heavy (non-hydrogen) atoms. The average molecular weight is 372 g/mol. The number of benzene rings is 2. The van der Waals surface area contributed by atoms with Crippen LogP contribution >= 0.6 is 0 Å². The molecule has 0 aliphatic carbocycles. The van der Waals surface area contributed by atoms with Crippen LogP contribution in [-0.4, -0.2) is 4.57 Å². The van der Waals surface area contributed by atoms with Crippen LogP contribution in [0.3, 0.4) is 0 Å². The van der Waals surface area contributed by atoms with Gasteiger partial charge in [0, 0.05) is 30.1 Å². The molecule has 0 unspecified atom stereocenters. The fourth-order valence-electron chi connectivity index (χ4n) is 4.92. The Kier molecular flexibility index (Phi) is 3.61. The molecule has 3 heterocycles. The summed E-state index contributed by atoms with van der Waals surface area (Å²) in [5.74, 6) is 0.617. The van der Waals surface area contributed by atoms with Gasteiger partial charge < -0.3 is 8.98 Å². The van der Waals surface area contributed by atoms with Gasteiger partial charge in [0.2, 0.25) is 5.52 Å². The minimum Gasteiger partial charge on any atom is -0.455 e. The first-order valence-corrected chi connectivity index (χ1v) is 10.1. The van der Waals surface area contributed by atoms with Crippen molar-refractivity contribution in [2.75, 3.05) is 0 Å². The van der Waals surface area contributed by atoms with Crippen LogP contribution in [-0.2, 0) is 20.5 Å². The van der Waals surface area contributed by atoms with E-state index in [1.165, 1.54) is 49.3 Å². The minimum atomic E-state index is 0.617. The van der Waals surface area contributed by atoms with E-state index < -0.39 is 0 Å². The summed E-state index contributed by atoms with van der Waals surface area (Å²) in [7, 11) is 4.25. The lowest BCUT2D eigenvalue weighted by Crippen LogP contribution is -2.25. The molecular formula is C25H27N2O+. The third kappa shape index (κ3) is 2.25. The normalized spacial score (nSPS) is 12.4. The van der Waals surface area contributed by atoms with Crippen LogP contribution in [0.25, 0.3) is 43.7 Å². The van der Waals surface area contributed by atoms with Crippen molar-refractivity contribution < 1.29 is 8.98 Å². The van der Waals surface area contributed by atoms with Crippen molar-refractivity contribution in [2.24, 2.45) is 20.0 Å². The summed E-state index contributed by atoms with van der Waals surface area (Å²) >= 11 is 0. The van der Waals surface area contributed by atoms with Crippen LogP contribution < -0.4 is 4.57 Å². The highest BCUT2D eigenvalue weighted by atomic mass is 16.3. The van der Waals surface area contributed by atoms with Gasteiger partial charge in [-0.15, -0.1) is 0 Å². The van der Waals surface area contributed by atoms with Gasteiger partial charge in [0.05, 0.1) is 16.5 Å². The van der Waals surface area contributed by atoms with Gasteiger partial charge in [-0.05, 0) is 54.8 Å². The largest absolute Gasteiger partial charge is 0.455 e. The first-order chi connectivity index (χ1) is 13.4. The Morgan fingerprint density at radius 3 is 2.61 bits per heavy atom. The van der Waals surface area contributed by atoms with E-state index in [2.05, 4.69) is 87.6 Å². The van der Waals surface area contributed by atoms with Crippen molar-refractivity contribution in [1.29, 1.82) is 0 Å². The van der Waals surface area contributed by atoms with Gasteiger partial charge in [0.25, 0.3) is 0 Å². The summed E-state index contributed by atoms with van der Waals surface area (Å²) in [5, 5.41) is 5.02. The Morgan fingerprint density at radius 1 is 1.07 bits per heavy atom. The molecule has 0 saturated carbocycles. The molecule has 3 heteroatoms. The van der Waals surface area contributed by atoms with Crippen molar-refractivity contribution in [2.45, 2.75) is 34.1 Å². The standard InChI is InChI=1S/C25H27N2O/c1-14(2)11-17-12-18-7-9-27(6)24-21-15(3)19-8-10-26(5)23(19)16(4)25(21)28-20(13-17)22(18)24/h7-10,12-14H,11H2,1-6H3/q+1. The summed E-state index contributed by atoms with van der Waals surface area (Å²) in [6, 6.07) is 9.02. The molecule has 5 aromatic rings. The maximum atomic E-state index is 6.64. The molecule has 2 aromatic carbocycles. The van der Waals surface area contributed by atoms with Crippen molar-refractivity contribution >= 4 is 43.7 Å². The molecule has 5 rings (SSSR count). The number of rotatable bonds is 2. The first-order valence-electron chi connectivity index (χ1n) is 10.1. The summed E-state index contributed by atoms with van der Waals surface area (Å²) in [6.45, 7) is 8.94. The molecule has 0 atom stereocenters. The predicted octanol–water partition coefficient (Wildman–Crippen LogP) is 5.87. The van der Waals surface area contributed by atoms with Gasteiger partial charge in [-0.1, -0.05) is 19.9 Å². The Balaban J connectivity index is 2.06. The summed E-state index contributed by atoms with van der Waals surface area (Å²) in [4.78, 5) is 0. The van der Waals surface area contributed by atoms with Crippen LogP contribution in [0.2, 0.25) is 0 Å². The zero-order valence-electron chi connectivity index (χ0n) is 17.6. The van der Waals surface area contributed by atoms with Crippen LogP contribution in [0, 0.1) is 19.8 Å². The summed E-state index contributed by atoms with van der Waals surface area (Å²) in [6.07, 6.45) is 5.38. The number of pyridine rings is 1. The maximum Gasteiger partial charge on any atom is 0.219 e. The van der Waals surface area contributed by atoms with Gasteiger partial charge in [-0.3, -0.25) is 0 Å². The molecule has 0 bridgehead atoms. The van der Waals surface area contributed by atoms with Crippen LogP contribution in [0.15, 0.2) is 41.1 Å². The van der Waals surface area contributed by atoms with Crippen molar-refractivity contribution in [3.63, 3.8) is 0 Å². The van der Waals surface area contributed by atoms with E-state index in [4.69, 9.17) is 4.42 Å². The highest BCUT2D eigenvalue weighted by molar-refractivity contribution is 6.19. The van der Waals surface area contributed by atoms with Gasteiger partial charge in [0.1, 0.15) is 18.2 Å². The van der Waals surface area contributed by atoms with E-state index in [1.807, 2.05) is 0 Å². The molecule has 0 radical (unpaired) electrons. The molecule has 0 amide bonds. The Labute approximate surface area is 165 Å². The molecule has 0 spiro atoms. The quantitative estimate of drug-likeness (QED) is 0.216. The molecule has 142 valence electrons. The first kappa shape index (κ1) is 17.3. The number of aryl methyl sites for hydroxylation is 4. The van der Waals surface area contributed by atoms with Gasteiger partial charge in [0.15, 0.2) is 6.20 Å². The van der Waals surface area contributed by atoms with Crippen molar-refractivity contribution in [3.05, 3.63) is 53.3 Å². The van der Waals surface area contributed by atoms with Crippen LogP contribution in [0.1, 0.15) is 30.5 Å². The molecule has 0 aliphatic heterocycles.